The van der Waals surface area contributed by atoms with Gasteiger partial charge in [-0.05, 0) is 157 Å². The highest BCUT2D eigenvalue weighted by Gasteiger charge is 2.59. The highest BCUT2D eigenvalue weighted by Crippen LogP contribution is 2.72. The number of carbonyl (C=O) groups excluding carboxylic acids is 9. The maximum absolute atomic E-state index is 14.4. The third-order valence-corrected chi connectivity index (χ3v) is 19.0. The van der Waals surface area contributed by atoms with Crippen LogP contribution in [0, 0.1) is 0 Å². The zero-order valence-electron chi connectivity index (χ0n) is 45.6. The Balaban J connectivity index is 0.771. The molecule has 6 heterocycles. The van der Waals surface area contributed by atoms with Crippen LogP contribution in [0.15, 0.2) is 91.8 Å². The van der Waals surface area contributed by atoms with Crippen LogP contribution in [0.5, 0.6) is 0 Å². The first-order valence-electron chi connectivity index (χ1n) is 28.0. The Morgan fingerprint density at radius 2 is 0.544 bits per heavy atom. The Bertz CT molecular complexity index is 4020. The number of aromatic nitrogens is 3. The normalized spacial score (nSPS) is 21.4. The number of fused-ring (bicyclic) bond motifs is 30. The molecule has 3 aromatic heterocycles. The lowest BCUT2D eigenvalue weighted by molar-refractivity contribution is -0.167. The molecule has 0 saturated heterocycles. The molecular weight excluding hydrogens is 1200 g/mol. The molecule has 6 aliphatic carbocycles. The number of halogens is 9. The molecule has 450 valence electrons. The molecule has 0 saturated carbocycles. The van der Waals surface area contributed by atoms with Gasteiger partial charge in [-0.2, -0.15) is 39.5 Å². The topological polar surface area (TPSA) is 238 Å². The quantitative estimate of drug-likeness (QED) is 0.0905. The highest BCUT2D eigenvalue weighted by atomic mass is 19.4. The van der Waals surface area contributed by atoms with E-state index < -0.39 is 91.3 Å². The van der Waals surface area contributed by atoms with E-state index in [9.17, 15) is 82.7 Å². The van der Waals surface area contributed by atoms with Crippen molar-refractivity contribution in [3.05, 3.63) is 209 Å². The van der Waals surface area contributed by atoms with Crippen LogP contribution in [0.25, 0.3) is 0 Å². The van der Waals surface area contributed by atoms with Gasteiger partial charge in [0.25, 0.3) is 35.4 Å². The van der Waals surface area contributed by atoms with Crippen molar-refractivity contribution in [3.63, 3.8) is 0 Å². The Morgan fingerprint density at radius 1 is 0.344 bits per heavy atom. The van der Waals surface area contributed by atoms with Crippen LogP contribution in [-0.2, 0) is 34.0 Å². The molecule has 0 fully saturated rings. The van der Waals surface area contributed by atoms with Crippen molar-refractivity contribution in [1.82, 2.24) is 29.7 Å². The average molecular weight is 1230 g/mol. The molecule has 4 aromatic carbocycles. The van der Waals surface area contributed by atoms with Crippen molar-refractivity contribution in [1.29, 1.82) is 0 Å². The van der Waals surface area contributed by atoms with E-state index >= 15 is 0 Å². The first-order valence-corrected chi connectivity index (χ1v) is 28.0. The van der Waals surface area contributed by atoms with E-state index in [1.807, 2.05) is 0 Å². The van der Waals surface area contributed by atoms with Gasteiger partial charge >= 0.3 is 36.3 Å². The number of hydrogen-bond acceptors (Lipinski definition) is 12. The smallest absolute Gasteiger partial charge is 0.317 e. The summed E-state index contributed by atoms with van der Waals surface area (Å²) in [5.41, 5.74) is 11.1. The minimum absolute atomic E-state index is 0.108. The van der Waals surface area contributed by atoms with Gasteiger partial charge in [0, 0.05) is 54.1 Å². The average Bonchev–Trinajstić information content (AvgIpc) is 1.48. The lowest BCUT2D eigenvalue weighted by atomic mass is 9.68. The summed E-state index contributed by atoms with van der Waals surface area (Å²) in [6.07, 6.45) is -7.25. The van der Waals surface area contributed by atoms with E-state index in [1.165, 1.54) is 36.8 Å². The minimum atomic E-state index is -5.20. The molecule has 3 aliphatic heterocycles. The van der Waals surface area contributed by atoms with E-state index in [1.54, 1.807) is 52.3 Å². The predicted octanol–water partition coefficient (Wildman–Crippen LogP) is 9.71. The van der Waals surface area contributed by atoms with Crippen molar-refractivity contribution < 1.29 is 82.7 Å². The van der Waals surface area contributed by atoms with Gasteiger partial charge in [-0.3, -0.25) is 72.8 Å². The molecule has 6 bridgehead atoms. The number of hydrogen-bond donors (Lipinski definition) is 3. The van der Waals surface area contributed by atoms with Crippen LogP contribution in [0.1, 0.15) is 200 Å². The number of alkyl halides is 9. The van der Waals surface area contributed by atoms with E-state index in [-0.39, 0.29) is 103 Å². The molecule has 9 aliphatic rings. The molecule has 6 atom stereocenters. The molecule has 7 aromatic rings. The minimum Gasteiger partial charge on any atom is -0.317 e. The van der Waals surface area contributed by atoms with Gasteiger partial charge in [0.15, 0.2) is 0 Å². The second-order valence-electron chi connectivity index (χ2n) is 23.8. The molecular formula is C63H36F9N9O9. The van der Waals surface area contributed by atoms with Crippen LogP contribution < -0.4 is 16.0 Å². The number of amides is 9. The van der Waals surface area contributed by atoms with Gasteiger partial charge in [0.1, 0.15) is 0 Å². The Labute approximate surface area is 498 Å². The van der Waals surface area contributed by atoms with Crippen LogP contribution in [-0.4, -0.2) is 101 Å². The molecule has 3 N–H and O–H groups in total. The van der Waals surface area contributed by atoms with Crippen molar-refractivity contribution >= 4 is 70.2 Å². The number of pyridine rings is 3. The number of benzene rings is 4. The lowest BCUT2D eigenvalue weighted by Crippen LogP contribution is -2.30. The van der Waals surface area contributed by atoms with E-state index in [4.69, 9.17) is 0 Å². The van der Waals surface area contributed by atoms with Crippen LogP contribution in [0.4, 0.5) is 56.6 Å². The zero-order chi connectivity index (χ0) is 62.8. The van der Waals surface area contributed by atoms with Gasteiger partial charge in [-0.25, -0.2) is 0 Å². The molecule has 0 spiro atoms. The highest BCUT2D eigenvalue weighted by molar-refractivity contribution is 6.23. The summed E-state index contributed by atoms with van der Waals surface area (Å²) in [5, 5.41) is 5.18. The number of carbonyl (C=O) groups is 9. The zero-order valence-corrected chi connectivity index (χ0v) is 45.6. The fourth-order valence-corrected chi connectivity index (χ4v) is 15.7. The molecule has 16 rings (SSSR count). The first kappa shape index (κ1) is 54.9. The van der Waals surface area contributed by atoms with Crippen molar-refractivity contribution in [3.8, 4) is 0 Å². The fourth-order valence-electron chi connectivity index (χ4n) is 15.7. The van der Waals surface area contributed by atoms with Gasteiger partial charge in [-0.15, -0.1) is 0 Å². The predicted molar refractivity (Wildman–Crippen MR) is 290 cm³/mol. The maximum atomic E-state index is 14.4. The number of nitrogens with zero attached hydrogens (tertiary/aromatic N) is 6. The third kappa shape index (κ3) is 7.78. The SMILES string of the molecule is O=C1c2cc3c(cc2C(=O)N1Cc1cncc(NC(=O)C(F)(F)F)c1)[C@@H]1C[C@H]3c2c1c1c(c3c2[C@H]2C[C@@H]3c3cc4c(cc32)C(=O)N(Cc2cncc(NC(=O)C(F)(F)F)c2)C4=O)[C@H]2C[C@@H]1c1cc3c(cc12)C(=O)N(Cc1cncc(NC(=O)C(F)(F)F)c1)C3=O. The monoisotopic (exact) mass is 1230 g/mol. The maximum Gasteiger partial charge on any atom is 0.471 e. The Morgan fingerprint density at radius 3 is 0.733 bits per heavy atom. The summed E-state index contributed by atoms with van der Waals surface area (Å²) in [7, 11) is 0. The molecule has 0 unspecified atom stereocenters. The van der Waals surface area contributed by atoms with E-state index in [0.717, 1.165) is 100 Å². The fraction of sp³-hybridized carbons (Fsp3) is 0.238. The van der Waals surface area contributed by atoms with Gasteiger partial charge in [0.2, 0.25) is 0 Å². The lowest BCUT2D eigenvalue weighted by Gasteiger charge is -2.35. The van der Waals surface area contributed by atoms with Crippen LogP contribution in [0.2, 0.25) is 0 Å². The summed E-state index contributed by atoms with van der Waals surface area (Å²) in [5.74, 6) is -12.7. The summed E-state index contributed by atoms with van der Waals surface area (Å²) in [6, 6.07) is 13.9. The molecule has 18 nitrogen and oxygen atoms in total. The Hall–Kier alpha value is -10.5. The molecule has 0 radical (unpaired) electrons. The number of anilines is 3. The van der Waals surface area contributed by atoms with E-state index in [2.05, 4.69) is 15.0 Å². The second kappa shape index (κ2) is 18.3. The number of rotatable bonds is 9. The molecule has 27 heteroatoms. The molecule has 9 amide bonds. The first-order chi connectivity index (χ1) is 42.7. The van der Waals surface area contributed by atoms with Gasteiger partial charge < -0.3 is 16.0 Å². The van der Waals surface area contributed by atoms with Crippen molar-refractivity contribution in [2.45, 2.75) is 92.9 Å². The summed E-state index contributed by atoms with van der Waals surface area (Å²) >= 11 is 0. The summed E-state index contributed by atoms with van der Waals surface area (Å²) in [4.78, 5) is 136. The number of imide groups is 3. The van der Waals surface area contributed by atoms with Gasteiger partial charge in [0.05, 0.1) is 88.7 Å². The van der Waals surface area contributed by atoms with Gasteiger partial charge in [-0.1, -0.05) is 0 Å². The summed E-state index contributed by atoms with van der Waals surface area (Å²) < 4.78 is 118. The standard InChI is InChI=1S/C63H36F9N9O9/c64-61(65,66)58(88)76-25-1-22(13-73-16-25)19-79-52(82)40-4-28-29(5-41(40)53(79)83)35-10-34(28)46-47(35)49-37-12-39(33-9-45-43(7-31(33)37)55(85)81(57(45)87)21-24-3-27(18-75-15-24)78-60(90)63(70,71)72)51(49)50-38-11-36(48(46)50)30-6-42-44(8-32(30)38)56(86)80(54(42)84)20-23-2-26(17-74-14-23)77-59(89)62(67,68)69/h1-9,13-18,34-39H,10-12,19-21H2,(H,76,88)(H,77,89)(H,78,90)/t34-,35+,36+,37-,38-,39+. The Kier molecular flexibility index (Phi) is 11.2. The van der Waals surface area contributed by atoms with E-state index in [0.29, 0.717) is 19.3 Å². The van der Waals surface area contributed by atoms with Crippen molar-refractivity contribution in [2.24, 2.45) is 0 Å². The third-order valence-electron chi connectivity index (χ3n) is 19.0. The van der Waals surface area contributed by atoms with Crippen LogP contribution >= 0.6 is 0 Å². The largest absolute Gasteiger partial charge is 0.471 e. The second-order valence-corrected chi connectivity index (χ2v) is 23.8. The molecule has 90 heavy (non-hydrogen) atoms. The summed E-state index contributed by atoms with van der Waals surface area (Å²) in [6.45, 7) is -1.18. The number of nitrogens with one attached hydrogen (secondary N) is 3. The van der Waals surface area contributed by atoms with Crippen LogP contribution in [0.3, 0.4) is 0 Å². The van der Waals surface area contributed by atoms with Crippen molar-refractivity contribution in [2.75, 3.05) is 16.0 Å².